The third-order valence-electron chi connectivity index (χ3n) is 22.6. The SMILES string of the molecule is CCSC(=O)O[C@H]1C(=O)[C@]2(C)[C@@H](OC)C[C@H]3OC[C@@]3(OC(C)=O)[C@H]2[C@H](OC(=O)c2ccccc2)[C@]2(O)C[C@H](O)C(C)=C1C2(C)C.CCSC(=O)O[C@H]1C(=O)[C@]2(C)[C@@H](OS(=O)(=O)c3ccc(C)cc3)C[C@H]3OC[C@@]3(OC(C)=O)[C@H]2[C@H](OC(=O)c2ccccc2)[C@]2(O)C[C@H](O)C(C)=C1C2(C)C. The first-order valence-corrected chi connectivity index (χ1v) is 36.4. The Bertz CT molecular complexity index is 3870. The second-order valence-corrected chi connectivity index (χ2v) is 32.4. The van der Waals surface area contributed by atoms with Gasteiger partial charge in [0.2, 0.25) is 0 Å². The molecule has 538 valence electrons. The van der Waals surface area contributed by atoms with E-state index in [4.69, 9.17) is 46.8 Å². The molecule has 4 saturated carbocycles. The van der Waals surface area contributed by atoms with Crippen LogP contribution in [-0.2, 0) is 76.1 Å². The number of carbonyl (C=O) groups is 8. The normalized spacial score (nSPS) is 36.2. The summed E-state index contributed by atoms with van der Waals surface area (Å²) in [6.07, 6.45) is -14.6. The molecule has 18 atom stereocenters. The molecule has 0 radical (unpaired) electrons. The Morgan fingerprint density at radius 2 is 0.939 bits per heavy atom. The number of hydrogen-bond acceptors (Lipinski definition) is 26. The van der Waals surface area contributed by atoms with Crippen molar-refractivity contribution in [1.82, 2.24) is 0 Å². The van der Waals surface area contributed by atoms with Gasteiger partial charge in [-0.15, -0.1) is 0 Å². The Kier molecular flexibility index (Phi) is 20.9. The van der Waals surface area contributed by atoms with Crippen LogP contribution in [0, 0.1) is 40.4 Å². The van der Waals surface area contributed by atoms with Crippen LogP contribution in [0.4, 0.5) is 9.59 Å². The largest absolute Gasteiger partial charge is 0.455 e. The van der Waals surface area contributed by atoms with Gasteiger partial charge in [-0.3, -0.25) is 23.4 Å². The van der Waals surface area contributed by atoms with Crippen LogP contribution in [-0.4, -0.2) is 190 Å². The highest BCUT2D eigenvalue weighted by molar-refractivity contribution is 8.13. The number of thioether (sulfide) groups is 2. The number of aryl methyl sites for hydroxylation is 1. The second-order valence-electron chi connectivity index (χ2n) is 28.5. The van der Waals surface area contributed by atoms with Gasteiger partial charge in [-0.2, -0.15) is 8.42 Å². The van der Waals surface area contributed by atoms with E-state index in [1.807, 2.05) is 0 Å². The lowest BCUT2D eigenvalue weighted by atomic mass is 9.44. The van der Waals surface area contributed by atoms with Crippen LogP contribution in [0.15, 0.2) is 112 Å². The smallest absolute Gasteiger partial charge is 0.368 e. The number of benzene rings is 3. The first-order valence-electron chi connectivity index (χ1n) is 33.0. The molecule has 0 unspecified atom stereocenters. The Morgan fingerprint density at radius 3 is 1.28 bits per heavy atom. The Labute approximate surface area is 584 Å². The summed E-state index contributed by atoms with van der Waals surface area (Å²) in [5.41, 5.74) is -12.5. The van der Waals surface area contributed by atoms with E-state index in [1.165, 1.54) is 45.2 Å². The molecule has 27 heteroatoms. The lowest BCUT2D eigenvalue weighted by Crippen LogP contribution is -2.82. The van der Waals surface area contributed by atoms with Crippen LogP contribution in [0.2, 0.25) is 0 Å². The predicted molar refractivity (Wildman–Crippen MR) is 357 cm³/mol. The second kappa shape index (κ2) is 27.4. The fraction of sp³-hybridized carbons (Fsp3) is 0.583. The molecule has 3 aromatic rings. The highest BCUT2D eigenvalue weighted by Gasteiger charge is 2.81. The van der Waals surface area contributed by atoms with Crippen molar-refractivity contribution in [3.8, 4) is 0 Å². The van der Waals surface area contributed by atoms with Crippen molar-refractivity contribution < 1.29 is 114 Å². The molecule has 0 aromatic heterocycles. The number of hydrogen-bond donors (Lipinski definition) is 4. The summed E-state index contributed by atoms with van der Waals surface area (Å²) in [4.78, 5) is 111. The molecule has 99 heavy (non-hydrogen) atoms. The number of esters is 4. The average molecular weight is 1430 g/mol. The summed E-state index contributed by atoms with van der Waals surface area (Å²) in [5.74, 6) is -6.72. The van der Waals surface area contributed by atoms with Crippen molar-refractivity contribution in [2.45, 2.75) is 204 Å². The molecule has 11 rings (SSSR count). The number of aliphatic hydroxyl groups is 4. The van der Waals surface area contributed by atoms with Gasteiger partial charge >= 0.3 is 34.5 Å². The number of rotatable bonds is 14. The number of ketones is 2. The highest BCUT2D eigenvalue weighted by Crippen LogP contribution is 2.67. The topological polar surface area (TPSA) is 344 Å². The maximum Gasteiger partial charge on any atom is 0.368 e. The molecule has 4 bridgehead atoms. The minimum absolute atomic E-state index is 0.0629. The molecular formula is C72H88O24S3. The predicted octanol–water partition coefficient (Wildman–Crippen LogP) is 8.33. The van der Waals surface area contributed by atoms with E-state index < -0.39 is 180 Å². The van der Waals surface area contributed by atoms with Gasteiger partial charge in [0.15, 0.2) is 35.0 Å². The maximum absolute atomic E-state index is 15.7. The summed E-state index contributed by atoms with van der Waals surface area (Å²) < 4.78 is 88.8. The van der Waals surface area contributed by atoms with E-state index in [-0.39, 0.29) is 65.2 Å². The monoisotopic (exact) mass is 1430 g/mol. The third kappa shape index (κ3) is 12.3. The zero-order valence-corrected chi connectivity index (χ0v) is 60.3. The van der Waals surface area contributed by atoms with E-state index in [0.717, 1.165) is 36.0 Å². The van der Waals surface area contributed by atoms with Crippen LogP contribution in [0.5, 0.6) is 0 Å². The van der Waals surface area contributed by atoms with Crippen molar-refractivity contribution >= 4 is 79.7 Å². The van der Waals surface area contributed by atoms with Gasteiger partial charge < -0.3 is 63.1 Å². The van der Waals surface area contributed by atoms with Crippen molar-refractivity contribution in [3.63, 3.8) is 0 Å². The lowest BCUT2D eigenvalue weighted by molar-refractivity contribution is -0.347. The van der Waals surface area contributed by atoms with Crippen LogP contribution >= 0.6 is 23.5 Å². The van der Waals surface area contributed by atoms with Crippen LogP contribution in [0.25, 0.3) is 0 Å². The fourth-order valence-corrected chi connectivity index (χ4v) is 19.3. The zero-order valence-electron chi connectivity index (χ0n) is 57.8. The zero-order chi connectivity index (χ0) is 72.7. The van der Waals surface area contributed by atoms with Gasteiger partial charge in [-0.05, 0) is 117 Å². The number of aliphatic hydroxyl groups excluding tert-OH is 2. The summed E-state index contributed by atoms with van der Waals surface area (Å²) >= 11 is 1.67. The molecule has 4 N–H and O–H groups in total. The minimum Gasteiger partial charge on any atom is -0.455 e. The van der Waals surface area contributed by atoms with Crippen molar-refractivity contribution in [3.05, 3.63) is 124 Å². The number of Topliss-reactive ketones (excluding diaryl/α,β-unsaturated/α-hetero) is 2. The molecule has 6 fully saturated rings. The van der Waals surface area contributed by atoms with E-state index >= 15 is 9.59 Å². The highest BCUT2D eigenvalue weighted by atomic mass is 32.2. The lowest BCUT2D eigenvalue weighted by Gasteiger charge is -2.67. The molecule has 6 aliphatic carbocycles. The van der Waals surface area contributed by atoms with Crippen LogP contribution in [0.3, 0.4) is 0 Å². The van der Waals surface area contributed by atoms with Gasteiger partial charge in [0.05, 0.1) is 76.3 Å². The van der Waals surface area contributed by atoms with Gasteiger partial charge in [-0.25, -0.2) is 19.2 Å². The molecule has 2 saturated heterocycles. The van der Waals surface area contributed by atoms with E-state index in [9.17, 15) is 57.6 Å². The molecule has 24 nitrogen and oxygen atoms in total. The summed E-state index contributed by atoms with van der Waals surface area (Å²) in [7, 11) is -3.19. The fourth-order valence-electron chi connectivity index (χ4n) is 17.3. The Balaban J connectivity index is 0.000000218. The van der Waals surface area contributed by atoms with Crippen molar-refractivity contribution in [2.75, 3.05) is 31.8 Å². The molecular weight excluding hydrogens is 1340 g/mol. The van der Waals surface area contributed by atoms with Crippen molar-refractivity contribution in [1.29, 1.82) is 0 Å². The maximum atomic E-state index is 15.7. The first-order chi connectivity index (χ1) is 46.3. The molecule has 3 aromatic carbocycles. The number of carbonyl (C=O) groups excluding carboxylic acids is 8. The van der Waals surface area contributed by atoms with E-state index in [1.54, 1.807) is 130 Å². The molecule has 8 aliphatic rings. The standard InChI is InChI=1S/C39H46O13S2.C33H42O11S/c1-8-53-35(44)49-30-29-22(3)26(41)19-39(45,36(29,5)6)33(50-34(43)24-12-10-9-11-13-24)31-37(7,32(30)42)27(18-28-38(31,20-48-28)51-23(4)40)52-54(46,47)25-16-14-21(2)15-17-25;1-8-45-29(38)42-24-23-17(2)20(35)15-33(39,30(23,4)5)27(43-28(37)19-12-10-9-11-13-19)25-31(6,26(24)36)21(40-7)14-22-32(25,16-41-22)44-18(3)34/h9-17,26-28,30-31,33,41,45H,8,18-20H2,1-7H3;9-13,20-22,24-25,27,35,39H,8,14-16H2,1-7H3/t26-,27-,28+,30+,31-,33-,37+,38-,39+;20-,21-,22+,24+,25-,27-,31+,32-,33+/m00/s1. The molecule has 2 aliphatic heterocycles. The quantitative estimate of drug-likeness (QED) is 0.0510. The van der Waals surface area contributed by atoms with Gasteiger partial charge in [-0.1, -0.05) is 95.6 Å². The summed E-state index contributed by atoms with van der Waals surface area (Å²) in [6, 6.07) is 22.0. The molecule has 0 spiro atoms. The van der Waals surface area contributed by atoms with E-state index in [0.29, 0.717) is 17.1 Å². The van der Waals surface area contributed by atoms with Gasteiger partial charge in [0.1, 0.15) is 35.6 Å². The summed E-state index contributed by atoms with van der Waals surface area (Å²) in [6.45, 7) is 20.0. The third-order valence-corrected chi connectivity index (χ3v) is 25.1. The molecule has 2 heterocycles. The van der Waals surface area contributed by atoms with Crippen LogP contribution < -0.4 is 0 Å². The number of methoxy groups -OCH3 is 1. The van der Waals surface area contributed by atoms with E-state index in [2.05, 4.69) is 0 Å². The number of ether oxygens (including phenoxy) is 9. The Hall–Kier alpha value is -6.37. The summed E-state index contributed by atoms with van der Waals surface area (Å²) in [5, 5.41) is 47.9. The van der Waals surface area contributed by atoms with Gasteiger partial charge in [0.25, 0.3) is 10.1 Å². The van der Waals surface area contributed by atoms with Gasteiger partial charge in [0, 0.05) is 69.0 Å². The first kappa shape index (κ1) is 75.3. The van der Waals surface area contributed by atoms with Crippen molar-refractivity contribution in [2.24, 2.45) is 33.5 Å². The van der Waals surface area contributed by atoms with Crippen LogP contribution in [0.1, 0.15) is 135 Å². The molecule has 0 amide bonds. The minimum atomic E-state index is -4.63. The average Bonchev–Trinajstić information content (AvgIpc) is 0.674. The number of fused-ring (bicyclic) bond motifs is 10. The Morgan fingerprint density at radius 1 is 0.566 bits per heavy atom.